The van der Waals surface area contributed by atoms with Crippen molar-refractivity contribution >= 4 is 11.6 Å². The molecule has 16 heavy (non-hydrogen) atoms. The second-order valence-electron chi connectivity index (χ2n) is 3.43. The molecule has 0 aliphatic carbocycles. The van der Waals surface area contributed by atoms with Crippen molar-refractivity contribution in [3.63, 3.8) is 0 Å². The van der Waals surface area contributed by atoms with Crippen molar-refractivity contribution < 1.29 is 17.6 Å². The number of alkyl halides is 3. The fourth-order valence-corrected chi connectivity index (χ4v) is 1.44. The second-order valence-corrected chi connectivity index (χ2v) is 3.86. The molecule has 0 radical (unpaired) electrons. The van der Waals surface area contributed by atoms with E-state index in [1.54, 1.807) is 0 Å². The van der Waals surface area contributed by atoms with Gasteiger partial charge in [0.05, 0.1) is 0 Å². The van der Waals surface area contributed by atoms with Gasteiger partial charge < -0.3 is 5.73 Å². The van der Waals surface area contributed by atoms with Crippen LogP contribution in [0.4, 0.5) is 17.6 Å². The molecule has 1 atom stereocenters. The average molecular weight is 256 g/mol. The topological polar surface area (TPSA) is 26.0 Å². The summed E-state index contributed by atoms with van der Waals surface area (Å²) in [6.45, 7) is 0. The van der Waals surface area contributed by atoms with Crippen LogP contribution in [-0.2, 0) is 0 Å². The standard InChI is InChI=1S/C10H10ClF4N/c11-6-1-2-7(8(12)5-6)9(16)3-4-10(13,14)15/h1-2,5,9H,3-4,16H2. The normalized spacial score (nSPS) is 13.9. The molecular formula is C10H10ClF4N. The van der Waals surface area contributed by atoms with Crippen molar-refractivity contribution in [2.24, 2.45) is 5.73 Å². The average Bonchev–Trinajstić information content (AvgIpc) is 2.13. The summed E-state index contributed by atoms with van der Waals surface area (Å²) in [6, 6.07) is 2.76. The molecule has 0 fully saturated rings. The summed E-state index contributed by atoms with van der Waals surface area (Å²) in [5, 5.41) is 0.185. The summed E-state index contributed by atoms with van der Waals surface area (Å²) < 4.78 is 49.1. The lowest BCUT2D eigenvalue weighted by Gasteiger charge is -2.14. The van der Waals surface area contributed by atoms with Gasteiger partial charge in [0.25, 0.3) is 0 Å². The van der Waals surface area contributed by atoms with Crippen LogP contribution in [-0.4, -0.2) is 6.18 Å². The Morgan fingerprint density at radius 1 is 1.31 bits per heavy atom. The van der Waals surface area contributed by atoms with Gasteiger partial charge in [0.1, 0.15) is 5.82 Å². The molecule has 0 aromatic heterocycles. The van der Waals surface area contributed by atoms with E-state index >= 15 is 0 Å². The molecule has 0 saturated heterocycles. The van der Waals surface area contributed by atoms with Gasteiger partial charge in [-0.15, -0.1) is 0 Å². The van der Waals surface area contributed by atoms with E-state index in [0.29, 0.717) is 0 Å². The Kier molecular flexibility index (Phi) is 4.15. The zero-order valence-electron chi connectivity index (χ0n) is 8.19. The highest BCUT2D eigenvalue weighted by Gasteiger charge is 2.28. The predicted octanol–water partition coefficient (Wildman–Crippen LogP) is 3.82. The molecule has 1 aromatic carbocycles. The fraction of sp³-hybridized carbons (Fsp3) is 0.400. The zero-order valence-corrected chi connectivity index (χ0v) is 8.95. The highest BCUT2D eigenvalue weighted by Crippen LogP contribution is 2.28. The van der Waals surface area contributed by atoms with Gasteiger partial charge in [-0.1, -0.05) is 17.7 Å². The van der Waals surface area contributed by atoms with Crippen molar-refractivity contribution in [2.75, 3.05) is 0 Å². The summed E-state index contributed by atoms with van der Waals surface area (Å²) in [6.07, 6.45) is -5.65. The maximum atomic E-state index is 13.3. The summed E-state index contributed by atoms with van der Waals surface area (Å²) in [7, 11) is 0. The van der Waals surface area contributed by atoms with Crippen LogP contribution in [0.25, 0.3) is 0 Å². The Morgan fingerprint density at radius 2 is 1.94 bits per heavy atom. The van der Waals surface area contributed by atoms with E-state index in [0.717, 1.165) is 6.07 Å². The van der Waals surface area contributed by atoms with Gasteiger partial charge in [-0.05, 0) is 18.6 Å². The summed E-state index contributed by atoms with van der Waals surface area (Å²) in [4.78, 5) is 0. The van der Waals surface area contributed by atoms with E-state index in [1.165, 1.54) is 12.1 Å². The minimum atomic E-state index is -4.28. The molecule has 0 saturated carbocycles. The van der Waals surface area contributed by atoms with Crippen LogP contribution >= 0.6 is 11.6 Å². The van der Waals surface area contributed by atoms with Crippen LogP contribution in [0.3, 0.4) is 0 Å². The lowest BCUT2D eigenvalue weighted by Crippen LogP contribution is -2.16. The zero-order chi connectivity index (χ0) is 12.3. The lowest BCUT2D eigenvalue weighted by atomic mass is 10.0. The highest BCUT2D eigenvalue weighted by molar-refractivity contribution is 6.30. The summed E-state index contributed by atoms with van der Waals surface area (Å²) in [5.41, 5.74) is 5.52. The maximum Gasteiger partial charge on any atom is 0.389 e. The Labute approximate surface area is 95.2 Å². The third kappa shape index (κ3) is 3.98. The van der Waals surface area contributed by atoms with Gasteiger partial charge in [0.15, 0.2) is 0 Å². The van der Waals surface area contributed by atoms with Crippen LogP contribution in [0.15, 0.2) is 18.2 Å². The third-order valence-electron chi connectivity index (χ3n) is 2.10. The van der Waals surface area contributed by atoms with E-state index in [4.69, 9.17) is 17.3 Å². The highest BCUT2D eigenvalue weighted by atomic mass is 35.5. The molecule has 0 spiro atoms. The van der Waals surface area contributed by atoms with Gasteiger partial charge in [-0.25, -0.2) is 4.39 Å². The maximum absolute atomic E-state index is 13.3. The Balaban J connectivity index is 2.70. The molecule has 1 aromatic rings. The van der Waals surface area contributed by atoms with Crippen LogP contribution in [0.2, 0.25) is 5.02 Å². The quantitative estimate of drug-likeness (QED) is 0.817. The molecule has 0 amide bonds. The van der Waals surface area contributed by atoms with Crippen molar-refractivity contribution in [1.82, 2.24) is 0 Å². The van der Waals surface area contributed by atoms with E-state index in [-0.39, 0.29) is 17.0 Å². The first-order chi connectivity index (χ1) is 7.29. The molecule has 0 aliphatic rings. The first-order valence-electron chi connectivity index (χ1n) is 4.57. The lowest BCUT2D eigenvalue weighted by molar-refractivity contribution is -0.136. The Hall–Kier alpha value is -0.810. The fourth-order valence-electron chi connectivity index (χ4n) is 1.28. The summed E-state index contributed by atoms with van der Waals surface area (Å²) in [5.74, 6) is -0.679. The SMILES string of the molecule is NC(CCC(F)(F)F)c1ccc(Cl)cc1F. The smallest absolute Gasteiger partial charge is 0.324 e. The Bertz CT molecular complexity index is 364. The third-order valence-corrected chi connectivity index (χ3v) is 2.34. The van der Waals surface area contributed by atoms with Crippen LogP contribution in [0.5, 0.6) is 0 Å². The van der Waals surface area contributed by atoms with Crippen molar-refractivity contribution in [3.05, 3.63) is 34.6 Å². The number of rotatable bonds is 3. The minimum Gasteiger partial charge on any atom is -0.324 e. The van der Waals surface area contributed by atoms with Crippen molar-refractivity contribution in [3.8, 4) is 0 Å². The number of nitrogens with two attached hydrogens (primary N) is 1. The van der Waals surface area contributed by atoms with Gasteiger partial charge >= 0.3 is 6.18 Å². The van der Waals surface area contributed by atoms with E-state index in [1.807, 2.05) is 0 Å². The predicted molar refractivity (Wildman–Crippen MR) is 53.6 cm³/mol. The van der Waals surface area contributed by atoms with Gasteiger partial charge in [-0.3, -0.25) is 0 Å². The van der Waals surface area contributed by atoms with Gasteiger partial charge in [-0.2, -0.15) is 13.2 Å². The molecule has 0 aliphatic heterocycles. The minimum absolute atomic E-state index is 0.0497. The van der Waals surface area contributed by atoms with E-state index in [9.17, 15) is 17.6 Å². The molecule has 0 heterocycles. The monoisotopic (exact) mass is 255 g/mol. The van der Waals surface area contributed by atoms with Crippen LogP contribution in [0, 0.1) is 5.82 Å². The number of hydrogen-bond donors (Lipinski definition) is 1. The molecular weight excluding hydrogens is 246 g/mol. The molecule has 2 N–H and O–H groups in total. The molecule has 1 unspecified atom stereocenters. The van der Waals surface area contributed by atoms with Crippen molar-refractivity contribution in [2.45, 2.75) is 25.1 Å². The first-order valence-corrected chi connectivity index (χ1v) is 4.94. The van der Waals surface area contributed by atoms with Gasteiger partial charge in [0, 0.05) is 23.0 Å². The molecule has 1 rings (SSSR count). The van der Waals surface area contributed by atoms with Crippen LogP contribution in [0.1, 0.15) is 24.4 Å². The van der Waals surface area contributed by atoms with Crippen LogP contribution < -0.4 is 5.73 Å². The molecule has 1 nitrogen and oxygen atoms in total. The largest absolute Gasteiger partial charge is 0.389 e. The molecule has 0 bridgehead atoms. The second kappa shape index (κ2) is 5.01. The summed E-state index contributed by atoms with van der Waals surface area (Å²) >= 11 is 5.51. The number of benzene rings is 1. The number of halogens is 5. The first kappa shape index (κ1) is 13.3. The Morgan fingerprint density at radius 3 is 2.44 bits per heavy atom. The van der Waals surface area contributed by atoms with E-state index < -0.39 is 24.5 Å². The molecule has 6 heteroatoms. The molecule has 90 valence electrons. The van der Waals surface area contributed by atoms with E-state index in [2.05, 4.69) is 0 Å². The van der Waals surface area contributed by atoms with Gasteiger partial charge in [0.2, 0.25) is 0 Å². The van der Waals surface area contributed by atoms with Crippen molar-refractivity contribution in [1.29, 1.82) is 0 Å². The number of hydrogen-bond acceptors (Lipinski definition) is 1.